The van der Waals surface area contributed by atoms with E-state index in [1.54, 1.807) is 0 Å². The normalized spacial score (nSPS) is 31.4. The topological polar surface area (TPSA) is 70.0 Å². The minimum Gasteiger partial charge on any atom is -0.309 e. The minimum absolute atomic E-state index is 0.200. The van der Waals surface area contributed by atoms with E-state index in [1.807, 2.05) is 13.0 Å². The van der Waals surface area contributed by atoms with Gasteiger partial charge in [0, 0.05) is 18.5 Å². The maximum atomic E-state index is 11.2. The van der Waals surface area contributed by atoms with Crippen LogP contribution in [0.4, 0.5) is 0 Å². The quantitative estimate of drug-likeness (QED) is 0.657. The fourth-order valence-electron chi connectivity index (χ4n) is 1.57. The summed E-state index contributed by atoms with van der Waals surface area (Å²) in [5, 5.41) is 11.4. The number of nitrogens with one attached hydrogen (secondary N) is 1. The van der Waals surface area contributed by atoms with Gasteiger partial charge in [0.1, 0.15) is 0 Å². The van der Waals surface area contributed by atoms with Gasteiger partial charge in [-0.15, -0.1) is 0 Å². The molecule has 1 unspecified atom stereocenters. The van der Waals surface area contributed by atoms with Crippen LogP contribution in [0.3, 0.4) is 0 Å². The van der Waals surface area contributed by atoms with Crippen LogP contribution in [-0.4, -0.2) is 32.0 Å². The predicted octanol–water partition coefficient (Wildman–Crippen LogP) is 0.0669. The molecule has 0 aromatic heterocycles. The van der Waals surface area contributed by atoms with Crippen LogP contribution >= 0.6 is 0 Å². The van der Waals surface area contributed by atoms with Crippen molar-refractivity contribution in [3.63, 3.8) is 0 Å². The zero-order chi connectivity index (χ0) is 9.95. The Hall–Kier alpha value is -0.600. The summed E-state index contributed by atoms with van der Waals surface area (Å²) in [6.07, 6.45) is 1.08. The van der Waals surface area contributed by atoms with Crippen molar-refractivity contribution in [2.24, 2.45) is 0 Å². The lowest BCUT2D eigenvalue weighted by molar-refractivity contribution is 0.403. The summed E-state index contributed by atoms with van der Waals surface area (Å²) in [5.41, 5.74) is -0.310. The maximum Gasteiger partial charge on any atom is 0.152 e. The Labute approximate surface area is 78.9 Å². The van der Waals surface area contributed by atoms with Crippen LogP contribution in [0, 0.1) is 11.3 Å². The molecule has 1 heterocycles. The Morgan fingerprint density at radius 3 is 2.77 bits per heavy atom. The molecule has 5 heteroatoms. The highest BCUT2D eigenvalue weighted by atomic mass is 32.2. The summed E-state index contributed by atoms with van der Waals surface area (Å²) in [6, 6.07) is 2.02. The van der Waals surface area contributed by atoms with Crippen molar-refractivity contribution >= 4 is 9.84 Å². The molecule has 0 aromatic carbocycles. The van der Waals surface area contributed by atoms with E-state index in [2.05, 4.69) is 5.32 Å². The third-order valence-electron chi connectivity index (χ3n) is 2.29. The number of sulfone groups is 1. The van der Waals surface area contributed by atoms with E-state index >= 15 is 0 Å². The number of hydrogen-bond acceptors (Lipinski definition) is 4. The lowest BCUT2D eigenvalue weighted by atomic mass is 10.0. The van der Waals surface area contributed by atoms with Crippen LogP contribution in [0.25, 0.3) is 0 Å². The van der Waals surface area contributed by atoms with Crippen molar-refractivity contribution in [2.75, 3.05) is 18.1 Å². The van der Waals surface area contributed by atoms with Gasteiger partial charge in [-0.2, -0.15) is 5.26 Å². The molecule has 1 fully saturated rings. The second kappa shape index (κ2) is 3.64. The van der Waals surface area contributed by atoms with Gasteiger partial charge in [0.15, 0.2) is 9.84 Å². The Morgan fingerprint density at radius 1 is 1.62 bits per heavy atom. The van der Waals surface area contributed by atoms with Gasteiger partial charge in [-0.25, -0.2) is 8.42 Å². The fraction of sp³-hybridized carbons (Fsp3) is 0.875. The van der Waals surface area contributed by atoms with E-state index in [9.17, 15) is 8.42 Å². The van der Waals surface area contributed by atoms with Gasteiger partial charge in [0.2, 0.25) is 0 Å². The zero-order valence-electron chi connectivity index (χ0n) is 7.71. The number of nitrogens with zero attached hydrogens (tertiary/aromatic N) is 1. The van der Waals surface area contributed by atoms with Crippen LogP contribution in [0.5, 0.6) is 0 Å². The summed E-state index contributed by atoms with van der Waals surface area (Å²) in [5.74, 6) is 0.467. The van der Waals surface area contributed by atoms with Gasteiger partial charge in [0.05, 0.1) is 17.6 Å². The van der Waals surface area contributed by atoms with Crippen molar-refractivity contribution in [1.82, 2.24) is 5.32 Å². The summed E-state index contributed by atoms with van der Waals surface area (Å²) in [7, 11) is -2.84. The third kappa shape index (κ3) is 2.98. The minimum atomic E-state index is -2.84. The molecular weight excluding hydrogens is 188 g/mol. The van der Waals surface area contributed by atoms with Crippen LogP contribution in [0.1, 0.15) is 19.8 Å². The highest BCUT2D eigenvalue weighted by molar-refractivity contribution is 7.91. The van der Waals surface area contributed by atoms with E-state index < -0.39 is 9.84 Å². The van der Waals surface area contributed by atoms with Gasteiger partial charge in [0.25, 0.3) is 0 Å². The number of hydrogen-bond donors (Lipinski definition) is 1. The Kier molecular flexibility index (Phi) is 2.94. The smallest absolute Gasteiger partial charge is 0.152 e. The van der Waals surface area contributed by atoms with E-state index in [-0.39, 0.29) is 17.0 Å². The van der Waals surface area contributed by atoms with Crippen LogP contribution in [0.2, 0.25) is 0 Å². The fourth-order valence-corrected chi connectivity index (χ4v) is 3.69. The zero-order valence-corrected chi connectivity index (χ0v) is 8.52. The average Bonchev–Trinajstić information content (AvgIpc) is 2.27. The lowest BCUT2D eigenvalue weighted by Crippen LogP contribution is -2.43. The van der Waals surface area contributed by atoms with Gasteiger partial charge >= 0.3 is 0 Å². The van der Waals surface area contributed by atoms with Crippen molar-refractivity contribution in [1.29, 1.82) is 5.26 Å². The summed E-state index contributed by atoms with van der Waals surface area (Å²) in [6.45, 7) is 2.47. The second-order valence-electron chi connectivity index (χ2n) is 3.74. The summed E-state index contributed by atoms with van der Waals surface area (Å²) in [4.78, 5) is 0. The summed E-state index contributed by atoms with van der Waals surface area (Å²) >= 11 is 0. The van der Waals surface area contributed by atoms with Crippen molar-refractivity contribution < 1.29 is 8.42 Å². The van der Waals surface area contributed by atoms with E-state index in [1.165, 1.54) is 0 Å². The molecule has 0 amide bonds. The molecular formula is C8H14N2O2S. The third-order valence-corrected chi connectivity index (χ3v) is 4.20. The maximum absolute atomic E-state index is 11.2. The predicted molar refractivity (Wildman–Crippen MR) is 49.9 cm³/mol. The molecule has 1 aliphatic heterocycles. The molecule has 1 saturated heterocycles. The largest absolute Gasteiger partial charge is 0.309 e. The SMILES string of the molecule is CC1(NCCC#N)CCS(=O)(=O)C1. The van der Waals surface area contributed by atoms with Crippen molar-refractivity contribution in [3.8, 4) is 6.07 Å². The highest BCUT2D eigenvalue weighted by Crippen LogP contribution is 2.22. The van der Waals surface area contributed by atoms with Crippen LogP contribution < -0.4 is 5.32 Å². The molecule has 0 saturated carbocycles. The first-order valence-corrected chi connectivity index (χ1v) is 6.12. The molecule has 1 rings (SSSR count). The van der Waals surface area contributed by atoms with Gasteiger partial charge < -0.3 is 5.32 Å². The Balaban J connectivity index is 2.47. The first kappa shape index (κ1) is 10.5. The summed E-state index contributed by atoms with van der Waals surface area (Å²) < 4.78 is 22.3. The standard InChI is InChI=1S/C8H14N2O2S/c1-8(10-5-2-4-9)3-6-13(11,12)7-8/h10H,2-3,5-7H2,1H3. The highest BCUT2D eigenvalue weighted by Gasteiger charge is 2.37. The second-order valence-corrected chi connectivity index (χ2v) is 5.92. The number of nitriles is 1. The van der Waals surface area contributed by atoms with Gasteiger partial charge in [-0.3, -0.25) is 0 Å². The number of rotatable bonds is 3. The van der Waals surface area contributed by atoms with Gasteiger partial charge in [-0.1, -0.05) is 0 Å². The monoisotopic (exact) mass is 202 g/mol. The molecule has 4 nitrogen and oxygen atoms in total. The molecule has 1 aliphatic rings. The van der Waals surface area contributed by atoms with Crippen molar-refractivity contribution in [2.45, 2.75) is 25.3 Å². The molecule has 0 radical (unpaired) electrons. The molecule has 0 spiro atoms. The Morgan fingerprint density at radius 2 is 2.31 bits per heavy atom. The molecule has 0 aromatic rings. The molecule has 74 valence electrons. The molecule has 1 N–H and O–H groups in total. The first-order valence-electron chi connectivity index (χ1n) is 4.30. The Bertz CT molecular complexity index is 318. The average molecular weight is 202 g/mol. The molecule has 0 bridgehead atoms. The van der Waals surface area contributed by atoms with Gasteiger partial charge in [-0.05, 0) is 13.3 Å². The van der Waals surface area contributed by atoms with E-state index in [4.69, 9.17) is 5.26 Å². The van der Waals surface area contributed by atoms with Crippen LogP contribution in [-0.2, 0) is 9.84 Å². The van der Waals surface area contributed by atoms with E-state index in [0.717, 1.165) is 0 Å². The molecule has 13 heavy (non-hydrogen) atoms. The lowest BCUT2D eigenvalue weighted by Gasteiger charge is -2.22. The van der Waals surface area contributed by atoms with Crippen molar-refractivity contribution in [3.05, 3.63) is 0 Å². The van der Waals surface area contributed by atoms with Crippen LogP contribution in [0.15, 0.2) is 0 Å². The van der Waals surface area contributed by atoms with E-state index in [0.29, 0.717) is 19.4 Å². The molecule has 0 aliphatic carbocycles. The first-order chi connectivity index (χ1) is 5.97. The molecule has 1 atom stereocenters.